The quantitative estimate of drug-likeness (QED) is 0.558. The van der Waals surface area contributed by atoms with E-state index in [4.69, 9.17) is 11.5 Å². The maximum atomic E-state index is 12.5. The van der Waals surface area contributed by atoms with Gasteiger partial charge in [0.05, 0.1) is 0 Å². The zero-order valence-corrected chi connectivity index (χ0v) is 11.9. The van der Waals surface area contributed by atoms with Crippen molar-refractivity contribution in [1.82, 2.24) is 9.80 Å². The van der Waals surface area contributed by atoms with Crippen LogP contribution in [0.2, 0.25) is 0 Å². The molecule has 0 spiro atoms. The fourth-order valence-electron chi connectivity index (χ4n) is 2.64. The lowest BCUT2D eigenvalue weighted by Gasteiger charge is -2.36. The van der Waals surface area contributed by atoms with Crippen LogP contribution in [0.25, 0.3) is 0 Å². The Balaban J connectivity index is 3.03. The summed E-state index contributed by atoms with van der Waals surface area (Å²) in [5, 5.41) is 9.43. The summed E-state index contributed by atoms with van der Waals surface area (Å²) in [6, 6.07) is -0.714. The number of carbonyl (C=O) groups is 4. The van der Waals surface area contributed by atoms with Gasteiger partial charge in [0.1, 0.15) is 18.6 Å². The van der Waals surface area contributed by atoms with E-state index in [0.717, 1.165) is 4.90 Å². The van der Waals surface area contributed by atoms with E-state index in [1.54, 1.807) is 6.92 Å². The van der Waals surface area contributed by atoms with E-state index in [1.807, 2.05) is 0 Å². The van der Waals surface area contributed by atoms with Crippen LogP contribution in [0.3, 0.4) is 0 Å². The number of aliphatic carboxylic acids is 1. The Kier molecular flexibility index (Phi) is 5.12. The highest BCUT2D eigenvalue weighted by molar-refractivity contribution is 5.91. The highest BCUT2D eigenvalue weighted by Gasteiger charge is 2.49. The number of carboxylic acid groups (broad SMARTS) is 1. The Morgan fingerprint density at radius 2 is 1.71 bits per heavy atom. The monoisotopic (exact) mass is 300 g/mol. The molecule has 1 rings (SSSR count). The predicted molar refractivity (Wildman–Crippen MR) is 72.0 cm³/mol. The minimum absolute atomic E-state index is 0.231. The molecule has 1 aliphatic rings. The number of carbonyl (C=O) groups excluding carboxylic acids is 3. The molecule has 0 aromatic heterocycles. The van der Waals surface area contributed by atoms with Crippen LogP contribution in [-0.2, 0) is 14.4 Å². The summed E-state index contributed by atoms with van der Waals surface area (Å²) in [5.74, 6) is -2.71. The lowest BCUT2D eigenvalue weighted by molar-refractivity contribution is -0.148. The molecule has 9 nitrogen and oxygen atoms in total. The van der Waals surface area contributed by atoms with Crippen LogP contribution < -0.4 is 11.5 Å². The molecular formula is C12H20N4O5. The number of likely N-dealkylation sites (tertiary alicyclic amines) is 1. The van der Waals surface area contributed by atoms with Gasteiger partial charge in [-0.1, -0.05) is 6.92 Å². The summed E-state index contributed by atoms with van der Waals surface area (Å²) >= 11 is 0. The number of carboxylic acids is 1. The number of hydrogen-bond donors (Lipinski definition) is 3. The Bertz CT molecular complexity index is 451. The van der Waals surface area contributed by atoms with Gasteiger partial charge in [-0.05, 0) is 19.3 Å². The predicted octanol–water partition coefficient (Wildman–Crippen LogP) is -1.29. The van der Waals surface area contributed by atoms with Gasteiger partial charge in [-0.25, -0.2) is 9.59 Å². The molecule has 0 saturated carbocycles. The Morgan fingerprint density at radius 1 is 1.19 bits per heavy atom. The molecule has 0 aromatic carbocycles. The third-order valence-electron chi connectivity index (χ3n) is 3.67. The van der Waals surface area contributed by atoms with Crippen LogP contribution in [-0.4, -0.2) is 63.9 Å². The molecule has 1 aliphatic heterocycles. The maximum Gasteiger partial charge on any atom is 0.329 e. The molecule has 1 unspecified atom stereocenters. The number of hydrogen-bond acceptors (Lipinski definition) is 4. The molecule has 118 valence electrons. The lowest BCUT2D eigenvalue weighted by atomic mass is 9.93. The van der Waals surface area contributed by atoms with Gasteiger partial charge in [0.15, 0.2) is 0 Å². The molecule has 0 bridgehead atoms. The normalized spacial score (nSPS) is 21.1. The smallest absolute Gasteiger partial charge is 0.329 e. The van der Waals surface area contributed by atoms with Gasteiger partial charge in [0.2, 0.25) is 11.8 Å². The second kappa shape index (κ2) is 6.42. The first-order chi connectivity index (χ1) is 9.74. The average molecular weight is 300 g/mol. The van der Waals surface area contributed by atoms with Gasteiger partial charge in [-0.3, -0.25) is 9.59 Å². The van der Waals surface area contributed by atoms with Crippen LogP contribution in [0.1, 0.15) is 26.2 Å². The van der Waals surface area contributed by atoms with Crippen LogP contribution in [0.5, 0.6) is 0 Å². The van der Waals surface area contributed by atoms with Crippen molar-refractivity contribution < 1.29 is 24.3 Å². The molecule has 0 radical (unpaired) electrons. The minimum atomic E-state index is -1.31. The van der Waals surface area contributed by atoms with Gasteiger partial charge >= 0.3 is 12.0 Å². The van der Waals surface area contributed by atoms with E-state index in [9.17, 15) is 24.3 Å². The first-order valence-electron chi connectivity index (χ1n) is 6.61. The number of rotatable bonds is 6. The van der Waals surface area contributed by atoms with Crippen LogP contribution in [0.15, 0.2) is 0 Å². The number of nitrogens with two attached hydrogens (primary N) is 2. The van der Waals surface area contributed by atoms with Gasteiger partial charge in [-0.2, -0.15) is 0 Å². The average Bonchev–Trinajstić information content (AvgIpc) is 2.80. The maximum absolute atomic E-state index is 12.5. The Morgan fingerprint density at radius 3 is 2.10 bits per heavy atom. The van der Waals surface area contributed by atoms with Crippen molar-refractivity contribution >= 4 is 23.8 Å². The summed E-state index contributed by atoms with van der Waals surface area (Å²) in [4.78, 5) is 48.1. The van der Waals surface area contributed by atoms with Crippen molar-refractivity contribution in [2.75, 3.05) is 19.6 Å². The summed E-state index contributed by atoms with van der Waals surface area (Å²) in [7, 11) is 0. The molecule has 21 heavy (non-hydrogen) atoms. The molecule has 1 fully saturated rings. The van der Waals surface area contributed by atoms with Gasteiger partial charge in [0.25, 0.3) is 0 Å². The molecule has 0 aliphatic carbocycles. The second-order valence-electron chi connectivity index (χ2n) is 5.02. The number of amides is 4. The molecule has 0 aromatic rings. The van der Waals surface area contributed by atoms with E-state index in [0.29, 0.717) is 12.8 Å². The molecule has 4 amide bonds. The van der Waals surface area contributed by atoms with Crippen molar-refractivity contribution in [1.29, 1.82) is 0 Å². The first kappa shape index (κ1) is 16.7. The van der Waals surface area contributed by atoms with Crippen molar-refractivity contribution in [3.05, 3.63) is 0 Å². The molecule has 5 N–H and O–H groups in total. The van der Waals surface area contributed by atoms with Crippen LogP contribution in [0, 0.1) is 0 Å². The van der Waals surface area contributed by atoms with Crippen LogP contribution >= 0.6 is 0 Å². The zero-order chi connectivity index (χ0) is 16.2. The SMILES string of the molecule is CCC1(C(=O)O)CCCN1C(=O)N(CC(N)=O)CC(N)=O. The number of urea groups is 1. The van der Waals surface area contributed by atoms with Crippen molar-refractivity contribution in [3.63, 3.8) is 0 Å². The van der Waals surface area contributed by atoms with E-state index in [1.165, 1.54) is 4.90 Å². The molecular weight excluding hydrogens is 280 g/mol. The second-order valence-corrected chi connectivity index (χ2v) is 5.02. The summed E-state index contributed by atoms with van der Waals surface area (Å²) in [6.45, 7) is 0.939. The van der Waals surface area contributed by atoms with Crippen molar-refractivity contribution in [2.24, 2.45) is 11.5 Å². The summed E-state index contributed by atoms with van der Waals surface area (Å²) in [6.07, 6.45) is 1.09. The minimum Gasteiger partial charge on any atom is -0.479 e. The van der Waals surface area contributed by atoms with Crippen LogP contribution in [0.4, 0.5) is 4.79 Å². The van der Waals surface area contributed by atoms with E-state index in [2.05, 4.69) is 0 Å². The molecule has 1 atom stereocenters. The topological polar surface area (TPSA) is 147 Å². The third kappa shape index (κ3) is 3.41. The van der Waals surface area contributed by atoms with Crippen molar-refractivity contribution in [2.45, 2.75) is 31.7 Å². The van der Waals surface area contributed by atoms with Gasteiger partial charge in [0, 0.05) is 6.54 Å². The standard InChI is InChI=1S/C12H20N4O5/c1-2-12(10(19)20)4-3-5-16(12)11(21)15(6-8(13)17)7-9(14)18/h2-7H2,1H3,(H2,13,17)(H2,14,18)(H,19,20). The number of primary amides is 2. The highest BCUT2D eigenvalue weighted by atomic mass is 16.4. The first-order valence-corrected chi connectivity index (χ1v) is 6.61. The van der Waals surface area contributed by atoms with E-state index >= 15 is 0 Å². The van der Waals surface area contributed by atoms with Gasteiger partial charge < -0.3 is 26.4 Å². The third-order valence-corrected chi connectivity index (χ3v) is 3.67. The zero-order valence-electron chi connectivity index (χ0n) is 11.9. The van der Waals surface area contributed by atoms with E-state index < -0.39 is 42.4 Å². The molecule has 9 heteroatoms. The summed E-state index contributed by atoms with van der Waals surface area (Å²) in [5.41, 5.74) is 8.78. The largest absolute Gasteiger partial charge is 0.479 e. The number of nitrogens with zero attached hydrogens (tertiary/aromatic N) is 2. The van der Waals surface area contributed by atoms with Crippen molar-refractivity contribution in [3.8, 4) is 0 Å². The van der Waals surface area contributed by atoms with Gasteiger partial charge in [-0.15, -0.1) is 0 Å². The Labute approximate surface area is 121 Å². The molecule has 1 saturated heterocycles. The van der Waals surface area contributed by atoms with E-state index in [-0.39, 0.29) is 13.0 Å². The highest BCUT2D eigenvalue weighted by Crippen LogP contribution is 2.33. The summed E-state index contributed by atoms with van der Waals surface area (Å²) < 4.78 is 0. The lowest BCUT2D eigenvalue weighted by Crippen LogP contribution is -2.58. The fraction of sp³-hybridized carbons (Fsp3) is 0.667. The molecule has 1 heterocycles. The fourth-order valence-corrected chi connectivity index (χ4v) is 2.64. The Hall–Kier alpha value is -2.32.